The fourth-order valence-electron chi connectivity index (χ4n) is 3.82. The molecule has 2 N–H and O–H groups in total. The molecule has 32 heavy (non-hydrogen) atoms. The van der Waals surface area contributed by atoms with Crippen molar-refractivity contribution in [3.63, 3.8) is 0 Å². The number of anilines is 3. The molecule has 1 aliphatic heterocycles. The van der Waals surface area contributed by atoms with E-state index in [1.54, 1.807) is 18.2 Å². The number of rotatable bonds is 5. The summed E-state index contributed by atoms with van der Waals surface area (Å²) in [5.41, 5.74) is 3.02. The molecule has 1 aromatic heterocycles. The Hall–Kier alpha value is -3.59. The van der Waals surface area contributed by atoms with Gasteiger partial charge in [0.15, 0.2) is 16.6 Å². The van der Waals surface area contributed by atoms with E-state index in [4.69, 9.17) is 9.47 Å². The van der Waals surface area contributed by atoms with E-state index in [1.165, 1.54) is 11.3 Å². The Morgan fingerprint density at radius 2 is 1.84 bits per heavy atom. The highest BCUT2D eigenvalue weighted by molar-refractivity contribution is 7.16. The highest BCUT2D eigenvalue weighted by Gasteiger charge is 2.33. The minimum atomic E-state index is -0.328. The first-order chi connectivity index (χ1) is 15.5. The molecule has 1 atom stereocenters. The molecule has 0 saturated heterocycles. The summed E-state index contributed by atoms with van der Waals surface area (Å²) in [5, 5.41) is 6.32. The van der Waals surface area contributed by atoms with Gasteiger partial charge >= 0.3 is 0 Å². The lowest BCUT2D eigenvalue weighted by molar-refractivity contribution is -0.117. The second kappa shape index (κ2) is 8.16. The van der Waals surface area contributed by atoms with E-state index >= 15 is 0 Å². The van der Waals surface area contributed by atoms with Gasteiger partial charge in [0.25, 0.3) is 5.91 Å². The Balaban J connectivity index is 1.26. The molecule has 1 unspecified atom stereocenters. The number of nitrogens with zero attached hydrogens (tertiary/aromatic N) is 2. The Labute approximate surface area is 189 Å². The average molecular weight is 451 g/mol. The molecule has 9 heteroatoms. The second-order valence-corrected chi connectivity index (χ2v) is 8.96. The zero-order valence-corrected chi connectivity index (χ0v) is 18.5. The average Bonchev–Trinajstić information content (AvgIpc) is 3.49. The van der Waals surface area contributed by atoms with E-state index in [0.717, 1.165) is 28.4 Å². The Morgan fingerprint density at radius 1 is 1.06 bits per heavy atom. The molecular weight excluding hydrogens is 428 g/mol. The zero-order chi connectivity index (χ0) is 22.2. The van der Waals surface area contributed by atoms with Crippen LogP contribution >= 0.6 is 11.3 Å². The van der Waals surface area contributed by atoms with Gasteiger partial charge < -0.3 is 19.7 Å². The van der Waals surface area contributed by atoms with Crippen LogP contribution in [0.4, 0.5) is 16.5 Å². The summed E-state index contributed by atoms with van der Waals surface area (Å²) in [5.74, 6) is 0.485. The summed E-state index contributed by atoms with van der Waals surface area (Å²) in [6.07, 6.45) is 1.48. The van der Waals surface area contributed by atoms with Gasteiger partial charge in [0.2, 0.25) is 12.7 Å². The van der Waals surface area contributed by atoms with Crippen molar-refractivity contribution in [3.8, 4) is 11.5 Å². The van der Waals surface area contributed by atoms with Crippen LogP contribution in [0.1, 0.15) is 33.3 Å². The third-order valence-corrected chi connectivity index (χ3v) is 6.59. The summed E-state index contributed by atoms with van der Waals surface area (Å²) < 4.78 is 10.6. The van der Waals surface area contributed by atoms with Crippen LogP contribution in [-0.2, 0) is 11.2 Å². The first kappa shape index (κ1) is 20.3. The van der Waals surface area contributed by atoms with Crippen molar-refractivity contribution in [2.24, 2.45) is 0 Å². The highest BCUT2D eigenvalue weighted by atomic mass is 32.1. The van der Waals surface area contributed by atoms with Gasteiger partial charge in [0.1, 0.15) is 0 Å². The number of thiazole rings is 1. The van der Waals surface area contributed by atoms with Crippen LogP contribution in [0.2, 0.25) is 0 Å². The highest BCUT2D eigenvalue weighted by Crippen LogP contribution is 2.39. The molecule has 0 saturated carbocycles. The fraction of sp³-hybridized carbons (Fsp3) is 0.261. The number of carbonyl (C=O) groups excluding carboxylic acids is 2. The molecule has 2 heterocycles. The normalized spacial score (nSPS) is 15.9. The lowest BCUT2D eigenvalue weighted by Crippen LogP contribution is -2.20. The fourth-order valence-corrected chi connectivity index (χ4v) is 4.85. The molecule has 5 rings (SSSR count). The lowest BCUT2D eigenvalue weighted by atomic mass is 10.1. The maximum Gasteiger partial charge on any atom is 0.257 e. The summed E-state index contributed by atoms with van der Waals surface area (Å²) in [4.78, 5) is 33.1. The SMILES string of the molecule is CN(C)c1ccc(NC(=O)C2CCc3sc(NC(=O)c4ccc5c(c4)OCO5)nc32)cc1. The van der Waals surface area contributed by atoms with Gasteiger partial charge in [0.05, 0.1) is 11.6 Å². The molecule has 0 spiro atoms. The number of fused-ring (bicyclic) bond motifs is 2. The Morgan fingerprint density at radius 3 is 2.62 bits per heavy atom. The molecule has 0 fully saturated rings. The quantitative estimate of drug-likeness (QED) is 0.613. The van der Waals surface area contributed by atoms with Gasteiger partial charge in [-0.2, -0.15) is 0 Å². The van der Waals surface area contributed by atoms with Gasteiger partial charge in [-0.1, -0.05) is 0 Å². The Bertz CT molecular complexity index is 1190. The predicted molar refractivity (Wildman–Crippen MR) is 123 cm³/mol. The van der Waals surface area contributed by atoms with Crippen molar-refractivity contribution in [1.29, 1.82) is 0 Å². The smallest absolute Gasteiger partial charge is 0.257 e. The topological polar surface area (TPSA) is 92.8 Å². The van der Waals surface area contributed by atoms with Gasteiger partial charge in [-0.15, -0.1) is 11.3 Å². The van der Waals surface area contributed by atoms with E-state index in [1.807, 2.05) is 43.3 Å². The van der Waals surface area contributed by atoms with E-state index in [2.05, 4.69) is 15.6 Å². The van der Waals surface area contributed by atoms with Crippen LogP contribution in [0, 0.1) is 0 Å². The van der Waals surface area contributed by atoms with E-state index in [0.29, 0.717) is 28.6 Å². The number of ether oxygens (including phenoxy) is 2. The van der Waals surface area contributed by atoms with Crippen LogP contribution in [0.25, 0.3) is 0 Å². The number of nitrogens with one attached hydrogen (secondary N) is 2. The third kappa shape index (κ3) is 3.87. The minimum Gasteiger partial charge on any atom is -0.454 e. The molecule has 164 valence electrons. The number of hydrogen-bond acceptors (Lipinski definition) is 7. The van der Waals surface area contributed by atoms with E-state index < -0.39 is 0 Å². The second-order valence-electron chi connectivity index (χ2n) is 7.87. The molecule has 2 aromatic carbocycles. The monoisotopic (exact) mass is 450 g/mol. The van der Waals surface area contributed by atoms with E-state index in [9.17, 15) is 9.59 Å². The van der Waals surface area contributed by atoms with Crippen LogP contribution in [0.15, 0.2) is 42.5 Å². The largest absolute Gasteiger partial charge is 0.454 e. The summed E-state index contributed by atoms with van der Waals surface area (Å²) in [6.45, 7) is 0.156. The standard InChI is InChI=1S/C23H22N4O4S/c1-27(2)15-6-4-14(5-7-15)24-22(29)16-8-10-19-20(16)25-23(32-19)26-21(28)13-3-9-17-18(11-13)31-12-30-17/h3-7,9,11,16H,8,10,12H2,1-2H3,(H,24,29)(H,25,26,28). The van der Waals surface area contributed by atoms with Crippen molar-refractivity contribution in [2.75, 3.05) is 36.4 Å². The molecular formula is C23H22N4O4S. The van der Waals surface area contributed by atoms with Gasteiger partial charge in [-0.05, 0) is 55.3 Å². The third-order valence-electron chi connectivity index (χ3n) is 5.54. The van der Waals surface area contributed by atoms with Crippen LogP contribution in [0.3, 0.4) is 0 Å². The Kier molecular flexibility index (Phi) is 5.18. The number of hydrogen-bond donors (Lipinski definition) is 2. The maximum atomic E-state index is 12.9. The van der Waals surface area contributed by atoms with Crippen molar-refractivity contribution >= 4 is 39.7 Å². The summed E-state index contributed by atoms with van der Waals surface area (Å²) >= 11 is 1.42. The zero-order valence-electron chi connectivity index (χ0n) is 17.7. The molecule has 3 aromatic rings. The van der Waals surface area contributed by atoms with Crippen molar-refractivity contribution < 1.29 is 19.1 Å². The molecule has 0 bridgehead atoms. The molecule has 8 nitrogen and oxygen atoms in total. The molecule has 2 aliphatic rings. The summed E-state index contributed by atoms with van der Waals surface area (Å²) in [6, 6.07) is 12.7. The maximum absolute atomic E-state index is 12.9. The first-order valence-electron chi connectivity index (χ1n) is 10.3. The van der Waals surface area contributed by atoms with Gasteiger partial charge in [-0.3, -0.25) is 14.9 Å². The first-order valence-corrected chi connectivity index (χ1v) is 11.1. The van der Waals surface area contributed by atoms with Crippen molar-refractivity contribution in [3.05, 3.63) is 58.6 Å². The number of aryl methyl sites for hydroxylation is 1. The number of amides is 2. The van der Waals surface area contributed by atoms with E-state index in [-0.39, 0.29) is 24.5 Å². The van der Waals surface area contributed by atoms with Gasteiger partial charge in [0, 0.05) is 35.9 Å². The number of aromatic nitrogens is 1. The van der Waals surface area contributed by atoms with Crippen molar-refractivity contribution in [1.82, 2.24) is 4.98 Å². The van der Waals surface area contributed by atoms with Gasteiger partial charge in [-0.25, -0.2) is 4.98 Å². The number of carbonyl (C=O) groups is 2. The molecule has 0 radical (unpaired) electrons. The minimum absolute atomic E-state index is 0.0831. The number of benzene rings is 2. The lowest BCUT2D eigenvalue weighted by Gasteiger charge is -2.14. The molecule has 2 amide bonds. The van der Waals surface area contributed by atoms with Crippen LogP contribution in [0.5, 0.6) is 11.5 Å². The van der Waals surface area contributed by atoms with Crippen LogP contribution < -0.4 is 25.0 Å². The predicted octanol–water partition coefficient (Wildman–Crippen LogP) is 3.86. The van der Waals surface area contributed by atoms with Crippen LogP contribution in [-0.4, -0.2) is 37.7 Å². The summed E-state index contributed by atoms with van der Waals surface area (Å²) in [7, 11) is 3.94. The molecule has 1 aliphatic carbocycles. The van der Waals surface area contributed by atoms with Crippen molar-refractivity contribution in [2.45, 2.75) is 18.8 Å².